The van der Waals surface area contributed by atoms with Crippen molar-refractivity contribution < 1.29 is 4.74 Å². The van der Waals surface area contributed by atoms with Crippen LogP contribution in [-0.4, -0.2) is 18.2 Å². The molecule has 3 heteroatoms. The van der Waals surface area contributed by atoms with Gasteiger partial charge >= 0.3 is 0 Å². The van der Waals surface area contributed by atoms with E-state index in [-0.39, 0.29) is 0 Å². The lowest BCUT2D eigenvalue weighted by molar-refractivity contribution is 0.101. The molecule has 3 nitrogen and oxygen atoms in total. The molecular weight excluding hydrogens is 212 g/mol. The molecule has 0 amide bonds. The highest BCUT2D eigenvalue weighted by molar-refractivity contribution is 5.83. The van der Waals surface area contributed by atoms with Gasteiger partial charge in [-0.1, -0.05) is 18.2 Å². The van der Waals surface area contributed by atoms with Gasteiger partial charge in [-0.3, -0.25) is 4.98 Å². The Bertz CT molecular complexity index is 503. The van der Waals surface area contributed by atoms with Crippen molar-refractivity contribution in [2.45, 2.75) is 19.4 Å². The normalized spacial score (nSPS) is 14.8. The minimum atomic E-state index is -0.488. The maximum atomic E-state index is 6.34. The summed E-state index contributed by atoms with van der Waals surface area (Å²) in [5, 5.41) is 1.10. The first-order valence-electron chi connectivity index (χ1n) is 5.86. The molecule has 1 unspecified atom stereocenters. The number of fused-ring (bicyclic) bond motifs is 1. The first-order chi connectivity index (χ1) is 8.15. The fraction of sp³-hybridized carbons (Fsp3) is 0.357. The predicted octanol–water partition coefficient (Wildman–Crippen LogP) is 2.45. The number of nitrogens with two attached hydrogens (primary N) is 1. The van der Waals surface area contributed by atoms with Crippen LogP contribution in [0.5, 0.6) is 0 Å². The van der Waals surface area contributed by atoms with Crippen LogP contribution in [0.4, 0.5) is 0 Å². The Balaban J connectivity index is 2.47. The second-order valence-electron chi connectivity index (χ2n) is 4.43. The number of benzene rings is 1. The van der Waals surface area contributed by atoms with Gasteiger partial charge in [-0.25, -0.2) is 0 Å². The zero-order valence-corrected chi connectivity index (χ0v) is 10.3. The maximum absolute atomic E-state index is 6.34. The maximum Gasteiger partial charge on any atom is 0.0705 e. The molecule has 0 radical (unpaired) electrons. The van der Waals surface area contributed by atoms with Crippen molar-refractivity contribution in [2.75, 3.05) is 13.2 Å². The first kappa shape index (κ1) is 12.0. The first-order valence-corrected chi connectivity index (χ1v) is 5.86. The Morgan fingerprint density at radius 1 is 1.29 bits per heavy atom. The standard InChI is InChI=1S/C14H18N2O/c1-3-17-10-14(2,15)12-7-4-8-13-11(12)6-5-9-16-13/h4-9H,3,10,15H2,1-2H3. The number of pyridine rings is 1. The fourth-order valence-corrected chi connectivity index (χ4v) is 1.99. The number of hydrogen-bond acceptors (Lipinski definition) is 3. The lowest BCUT2D eigenvalue weighted by atomic mass is 9.90. The molecule has 2 aromatic rings. The summed E-state index contributed by atoms with van der Waals surface area (Å²) in [5.41, 5.74) is 7.90. The molecule has 0 bridgehead atoms. The van der Waals surface area contributed by atoms with Gasteiger partial charge in [-0.2, -0.15) is 0 Å². The van der Waals surface area contributed by atoms with Crippen LogP contribution in [0.15, 0.2) is 36.5 Å². The van der Waals surface area contributed by atoms with E-state index in [0.717, 1.165) is 16.5 Å². The van der Waals surface area contributed by atoms with E-state index in [2.05, 4.69) is 11.1 Å². The Hall–Kier alpha value is -1.45. The van der Waals surface area contributed by atoms with Crippen molar-refractivity contribution in [1.29, 1.82) is 0 Å². The van der Waals surface area contributed by atoms with Gasteiger partial charge in [-0.15, -0.1) is 0 Å². The molecule has 0 saturated heterocycles. The van der Waals surface area contributed by atoms with E-state index >= 15 is 0 Å². The minimum absolute atomic E-state index is 0.488. The van der Waals surface area contributed by atoms with Crippen LogP contribution >= 0.6 is 0 Å². The fourth-order valence-electron chi connectivity index (χ4n) is 1.99. The topological polar surface area (TPSA) is 48.1 Å². The quantitative estimate of drug-likeness (QED) is 0.877. The van der Waals surface area contributed by atoms with Gasteiger partial charge < -0.3 is 10.5 Å². The molecule has 0 aliphatic heterocycles. The highest BCUT2D eigenvalue weighted by Crippen LogP contribution is 2.26. The van der Waals surface area contributed by atoms with Gasteiger partial charge in [0.05, 0.1) is 17.7 Å². The average Bonchev–Trinajstić information content (AvgIpc) is 2.36. The van der Waals surface area contributed by atoms with E-state index in [0.29, 0.717) is 13.2 Å². The van der Waals surface area contributed by atoms with E-state index < -0.39 is 5.54 Å². The Morgan fingerprint density at radius 3 is 2.88 bits per heavy atom. The molecule has 0 fully saturated rings. The highest BCUT2D eigenvalue weighted by atomic mass is 16.5. The summed E-state index contributed by atoms with van der Waals surface area (Å²) in [6.45, 7) is 5.15. The van der Waals surface area contributed by atoms with Crippen LogP contribution in [0.3, 0.4) is 0 Å². The molecule has 0 saturated carbocycles. The molecule has 1 aromatic carbocycles. The van der Waals surface area contributed by atoms with Crippen LogP contribution in [-0.2, 0) is 10.3 Å². The van der Waals surface area contributed by atoms with E-state index in [1.807, 2.05) is 38.1 Å². The Morgan fingerprint density at radius 2 is 2.12 bits per heavy atom. The van der Waals surface area contributed by atoms with Crippen molar-refractivity contribution in [3.05, 3.63) is 42.1 Å². The highest BCUT2D eigenvalue weighted by Gasteiger charge is 2.23. The van der Waals surface area contributed by atoms with Crippen LogP contribution < -0.4 is 5.73 Å². The number of nitrogens with zero attached hydrogens (tertiary/aromatic N) is 1. The van der Waals surface area contributed by atoms with Crippen LogP contribution in [0.1, 0.15) is 19.4 Å². The summed E-state index contributed by atoms with van der Waals surface area (Å²) < 4.78 is 5.46. The summed E-state index contributed by atoms with van der Waals surface area (Å²) in [4.78, 5) is 4.34. The molecule has 0 spiro atoms. The SMILES string of the molecule is CCOCC(C)(N)c1cccc2ncccc12. The molecule has 90 valence electrons. The largest absolute Gasteiger partial charge is 0.379 e. The smallest absolute Gasteiger partial charge is 0.0705 e. The Labute approximate surface area is 102 Å². The third-order valence-electron chi connectivity index (χ3n) is 2.87. The van der Waals surface area contributed by atoms with Crippen LogP contribution in [0.2, 0.25) is 0 Å². The summed E-state index contributed by atoms with van der Waals surface area (Å²) in [6.07, 6.45) is 1.79. The van der Waals surface area contributed by atoms with E-state index in [1.165, 1.54) is 0 Å². The predicted molar refractivity (Wildman–Crippen MR) is 69.8 cm³/mol. The number of hydrogen-bond donors (Lipinski definition) is 1. The molecule has 2 N–H and O–H groups in total. The zero-order chi connectivity index (χ0) is 12.3. The molecule has 1 atom stereocenters. The number of aromatic nitrogens is 1. The summed E-state index contributed by atoms with van der Waals surface area (Å²) in [5.74, 6) is 0. The van der Waals surface area contributed by atoms with Gasteiger partial charge in [-0.05, 0) is 31.5 Å². The average molecular weight is 230 g/mol. The van der Waals surface area contributed by atoms with Crippen molar-refractivity contribution in [3.63, 3.8) is 0 Å². The van der Waals surface area contributed by atoms with E-state index in [4.69, 9.17) is 10.5 Å². The molecular formula is C14H18N2O. The van der Waals surface area contributed by atoms with Crippen molar-refractivity contribution in [1.82, 2.24) is 4.98 Å². The van der Waals surface area contributed by atoms with Gasteiger partial charge in [0.15, 0.2) is 0 Å². The summed E-state index contributed by atoms with van der Waals surface area (Å²) in [6, 6.07) is 10.0. The minimum Gasteiger partial charge on any atom is -0.379 e. The van der Waals surface area contributed by atoms with Crippen LogP contribution in [0.25, 0.3) is 10.9 Å². The van der Waals surface area contributed by atoms with Crippen molar-refractivity contribution in [3.8, 4) is 0 Å². The number of rotatable bonds is 4. The van der Waals surface area contributed by atoms with Crippen LogP contribution in [0, 0.1) is 0 Å². The van der Waals surface area contributed by atoms with Gasteiger partial charge in [0.2, 0.25) is 0 Å². The lowest BCUT2D eigenvalue weighted by Crippen LogP contribution is -2.38. The van der Waals surface area contributed by atoms with Gasteiger partial charge in [0, 0.05) is 18.2 Å². The van der Waals surface area contributed by atoms with Crippen molar-refractivity contribution in [2.24, 2.45) is 5.73 Å². The second-order valence-corrected chi connectivity index (χ2v) is 4.43. The van der Waals surface area contributed by atoms with E-state index in [1.54, 1.807) is 6.20 Å². The van der Waals surface area contributed by atoms with Gasteiger partial charge in [0.1, 0.15) is 0 Å². The molecule has 2 rings (SSSR count). The third kappa shape index (κ3) is 2.46. The monoisotopic (exact) mass is 230 g/mol. The Kier molecular flexibility index (Phi) is 3.41. The molecule has 1 aromatic heterocycles. The number of ether oxygens (including phenoxy) is 1. The molecule has 17 heavy (non-hydrogen) atoms. The van der Waals surface area contributed by atoms with Gasteiger partial charge in [0.25, 0.3) is 0 Å². The zero-order valence-electron chi connectivity index (χ0n) is 10.3. The van der Waals surface area contributed by atoms with E-state index in [9.17, 15) is 0 Å². The molecule has 0 aliphatic rings. The molecule has 0 aliphatic carbocycles. The lowest BCUT2D eigenvalue weighted by Gasteiger charge is -2.26. The third-order valence-corrected chi connectivity index (χ3v) is 2.87. The summed E-state index contributed by atoms with van der Waals surface area (Å²) in [7, 11) is 0. The molecule has 1 heterocycles. The second kappa shape index (κ2) is 4.82. The van der Waals surface area contributed by atoms with Crippen molar-refractivity contribution >= 4 is 10.9 Å². The summed E-state index contributed by atoms with van der Waals surface area (Å²) >= 11 is 0.